The largest absolute Gasteiger partial charge is 0.387 e. The average molecular weight is 429 g/mol. The molecule has 0 saturated carbocycles. The second-order valence-corrected chi connectivity index (χ2v) is 9.17. The van der Waals surface area contributed by atoms with Gasteiger partial charge in [-0.25, -0.2) is 15.0 Å². The zero-order valence-electron chi connectivity index (χ0n) is 17.7. The zero-order chi connectivity index (χ0) is 21.8. The van der Waals surface area contributed by atoms with Gasteiger partial charge in [-0.05, 0) is 13.0 Å². The average Bonchev–Trinajstić information content (AvgIpc) is 3.50. The van der Waals surface area contributed by atoms with Crippen LogP contribution in [0.25, 0.3) is 11.2 Å². The number of imidazole rings is 1. The molecule has 4 N–H and O–H groups in total. The fourth-order valence-corrected chi connectivity index (χ4v) is 4.03. The first-order valence-corrected chi connectivity index (χ1v) is 10.5. The number of aliphatic hydroxyl groups is 2. The Bertz CT molecular complexity index is 1070. The molecule has 166 valence electrons. The summed E-state index contributed by atoms with van der Waals surface area (Å²) in [6, 6.07) is 2.03. The van der Waals surface area contributed by atoms with E-state index in [0.717, 1.165) is 19.5 Å². The van der Waals surface area contributed by atoms with Gasteiger partial charge >= 0.3 is 0 Å². The van der Waals surface area contributed by atoms with E-state index < -0.39 is 24.5 Å². The van der Waals surface area contributed by atoms with Crippen LogP contribution in [-0.2, 0) is 10.2 Å². The van der Waals surface area contributed by atoms with Gasteiger partial charge in [-0.1, -0.05) is 25.9 Å². The summed E-state index contributed by atoms with van der Waals surface area (Å²) in [4.78, 5) is 13.1. The van der Waals surface area contributed by atoms with Crippen molar-refractivity contribution in [3.8, 4) is 0 Å². The third kappa shape index (κ3) is 3.57. The predicted molar refractivity (Wildman–Crippen MR) is 110 cm³/mol. The Labute approximate surface area is 178 Å². The first-order valence-electron chi connectivity index (χ1n) is 10.5. The van der Waals surface area contributed by atoms with Gasteiger partial charge in [0, 0.05) is 24.1 Å². The van der Waals surface area contributed by atoms with E-state index in [-0.39, 0.29) is 11.5 Å². The molecule has 0 amide bonds. The van der Waals surface area contributed by atoms with Crippen LogP contribution in [0, 0.1) is 0 Å². The highest BCUT2D eigenvalue weighted by Gasteiger charge is 2.46. The summed E-state index contributed by atoms with van der Waals surface area (Å²) in [6.07, 6.45) is -0.0834. The molecule has 0 aliphatic carbocycles. The number of aromatic nitrogens is 5. The molecule has 11 heteroatoms. The van der Waals surface area contributed by atoms with Gasteiger partial charge in [0.05, 0.1) is 6.33 Å². The van der Waals surface area contributed by atoms with Gasteiger partial charge in [-0.2, -0.15) is 0 Å². The molecule has 3 aromatic heterocycles. The van der Waals surface area contributed by atoms with Crippen LogP contribution in [0.5, 0.6) is 0 Å². The molecule has 3 aromatic rings. The standard InChI is InChI=1S/C20H27N7O4/c1-20(2,3)12-6-11(26-31-12)16-14(28)15(29)19(30-16)27-9-24-13-17(22-8-23-18(13)27)25-10-4-5-21-7-10/h6,8-10,14-16,19,21,28-29H,4-5,7H2,1-3H3,(H,22,23,25)/t10?,14-,15+,16+,19+/m0/s1. The molecule has 11 nitrogen and oxygen atoms in total. The first kappa shape index (κ1) is 20.3. The van der Waals surface area contributed by atoms with Crippen molar-refractivity contribution in [1.29, 1.82) is 0 Å². The summed E-state index contributed by atoms with van der Waals surface area (Å²) in [5.74, 6) is 1.31. The quantitative estimate of drug-likeness (QED) is 0.472. The molecule has 2 aliphatic rings. The van der Waals surface area contributed by atoms with Crippen LogP contribution < -0.4 is 10.6 Å². The number of hydrogen-bond donors (Lipinski definition) is 4. The van der Waals surface area contributed by atoms with Crippen molar-refractivity contribution in [2.45, 2.75) is 63.2 Å². The zero-order valence-corrected chi connectivity index (χ0v) is 17.7. The van der Waals surface area contributed by atoms with Crippen molar-refractivity contribution in [2.24, 2.45) is 0 Å². The lowest BCUT2D eigenvalue weighted by atomic mass is 9.92. The molecule has 0 bridgehead atoms. The van der Waals surface area contributed by atoms with E-state index in [1.165, 1.54) is 6.33 Å². The normalized spacial score (nSPS) is 29.1. The number of fused-ring (bicyclic) bond motifs is 1. The molecule has 5 rings (SSSR count). The van der Waals surface area contributed by atoms with Gasteiger partial charge in [0.25, 0.3) is 0 Å². The van der Waals surface area contributed by atoms with Crippen LogP contribution in [0.4, 0.5) is 5.82 Å². The van der Waals surface area contributed by atoms with Crippen LogP contribution in [-0.4, -0.2) is 66.2 Å². The van der Waals surface area contributed by atoms with Crippen molar-refractivity contribution < 1.29 is 19.5 Å². The Kier molecular flexibility index (Phi) is 4.93. The number of anilines is 1. The van der Waals surface area contributed by atoms with E-state index in [1.54, 1.807) is 17.0 Å². The monoisotopic (exact) mass is 429 g/mol. The third-order valence-corrected chi connectivity index (χ3v) is 5.83. The van der Waals surface area contributed by atoms with E-state index >= 15 is 0 Å². The molecule has 5 heterocycles. The summed E-state index contributed by atoms with van der Waals surface area (Å²) < 4.78 is 13.1. The van der Waals surface area contributed by atoms with Crippen molar-refractivity contribution in [3.05, 3.63) is 30.2 Å². The molecule has 0 radical (unpaired) electrons. The van der Waals surface area contributed by atoms with Gasteiger partial charge in [-0.15, -0.1) is 0 Å². The minimum absolute atomic E-state index is 0.234. The summed E-state index contributed by atoms with van der Waals surface area (Å²) in [5.41, 5.74) is 1.30. The molecule has 2 fully saturated rings. The van der Waals surface area contributed by atoms with Crippen molar-refractivity contribution in [1.82, 2.24) is 30.0 Å². The minimum atomic E-state index is -1.19. The van der Waals surface area contributed by atoms with Crippen molar-refractivity contribution >= 4 is 17.0 Å². The topological polar surface area (TPSA) is 143 Å². The second kappa shape index (κ2) is 7.52. The Balaban J connectivity index is 1.43. The number of hydrogen-bond acceptors (Lipinski definition) is 10. The molecule has 31 heavy (non-hydrogen) atoms. The number of aliphatic hydroxyl groups excluding tert-OH is 2. The lowest BCUT2D eigenvalue weighted by Crippen LogP contribution is -2.29. The molecular weight excluding hydrogens is 402 g/mol. The lowest BCUT2D eigenvalue weighted by Gasteiger charge is -2.16. The lowest BCUT2D eigenvalue weighted by molar-refractivity contribution is -0.0377. The van der Waals surface area contributed by atoms with Crippen LogP contribution in [0.3, 0.4) is 0 Å². The number of nitrogens with one attached hydrogen (secondary N) is 2. The fourth-order valence-electron chi connectivity index (χ4n) is 4.03. The Morgan fingerprint density at radius 3 is 2.74 bits per heavy atom. The highest BCUT2D eigenvalue weighted by Crippen LogP contribution is 2.40. The van der Waals surface area contributed by atoms with Crippen molar-refractivity contribution in [2.75, 3.05) is 18.4 Å². The second-order valence-electron chi connectivity index (χ2n) is 9.17. The SMILES string of the molecule is CC(C)(C)c1cc([C@H]2O[C@@H](n3cnc4c(NC5CCNC5)ncnc43)[C@H](O)[C@@H]2O)no1. The maximum Gasteiger partial charge on any atom is 0.167 e. The van der Waals surface area contributed by atoms with Crippen LogP contribution >= 0.6 is 0 Å². The van der Waals surface area contributed by atoms with E-state index in [4.69, 9.17) is 9.26 Å². The maximum absolute atomic E-state index is 10.7. The highest BCUT2D eigenvalue weighted by molar-refractivity contribution is 5.82. The van der Waals surface area contributed by atoms with Gasteiger partial charge in [-0.3, -0.25) is 4.57 Å². The third-order valence-electron chi connectivity index (χ3n) is 5.83. The number of nitrogens with zero attached hydrogens (tertiary/aromatic N) is 5. The van der Waals surface area contributed by atoms with Crippen LogP contribution in [0.2, 0.25) is 0 Å². The first-order chi connectivity index (χ1) is 14.8. The van der Waals surface area contributed by atoms with E-state index in [2.05, 4.69) is 30.7 Å². The van der Waals surface area contributed by atoms with Crippen molar-refractivity contribution in [3.63, 3.8) is 0 Å². The maximum atomic E-state index is 10.7. The van der Waals surface area contributed by atoms with Gasteiger partial charge in [0.1, 0.15) is 36.1 Å². The molecule has 1 unspecified atom stereocenters. The van der Waals surface area contributed by atoms with Gasteiger partial charge in [0.15, 0.2) is 23.2 Å². The smallest absolute Gasteiger partial charge is 0.167 e. The Hall–Kier alpha value is -2.60. The van der Waals surface area contributed by atoms with E-state index in [0.29, 0.717) is 28.4 Å². The summed E-state index contributed by atoms with van der Waals surface area (Å²) >= 11 is 0. The molecule has 2 saturated heterocycles. The Morgan fingerprint density at radius 1 is 1.19 bits per heavy atom. The van der Waals surface area contributed by atoms with Gasteiger partial charge < -0.3 is 30.1 Å². The van der Waals surface area contributed by atoms with Crippen LogP contribution in [0.1, 0.15) is 51.0 Å². The summed E-state index contributed by atoms with van der Waals surface area (Å²) in [5, 5.41) is 32.2. The fraction of sp³-hybridized carbons (Fsp3) is 0.600. The molecular formula is C20H27N7O4. The molecule has 2 aliphatic heterocycles. The summed E-state index contributed by atoms with van der Waals surface area (Å²) in [7, 11) is 0. The molecule has 0 aromatic carbocycles. The minimum Gasteiger partial charge on any atom is -0.387 e. The summed E-state index contributed by atoms with van der Waals surface area (Å²) in [6.45, 7) is 7.84. The highest BCUT2D eigenvalue weighted by atomic mass is 16.6. The van der Waals surface area contributed by atoms with E-state index in [9.17, 15) is 10.2 Å². The number of rotatable bonds is 4. The molecule has 0 spiro atoms. The van der Waals surface area contributed by atoms with Gasteiger partial charge in [0.2, 0.25) is 0 Å². The molecule has 5 atom stereocenters. The van der Waals surface area contributed by atoms with Crippen LogP contribution in [0.15, 0.2) is 23.2 Å². The Morgan fingerprint density at radius 2 is 2.03 bits per heavy atom. The number of ether oxygens (including phenoxy) is 1. The van der Waals surface area contributed by atoms with E-state index in [1.807, 2.05) is 20.8 Å². The predicted octanol–water partition coefficient (Wildman–Crippen LogP) is 0.877.